The van der Waals surface area contributed by atoms with Crippen LogP contribution in [0.2, 0.25) is 0 Å². The number of anilines is 2. The Labute approximate surface area is 217 Å². The van der Waals surface area contributed by atoms with Crippen LogP contribution in [-0.4, -0.2) is 34.8 Å². The molecule has 2 aromatic carbocycles. The molecule has 9 nitrogen and oxygen atoms in total. The van der Waals surface area contributed by atoms with E-state index in [-0.39, 0.29) is 5.56 Å². The molecule has 1 aliphatic rings. The molecule has 0 radical (unpaired) electrons. The van der Waals surface area contributed by atoms with Gasteiger partial charge in [-0.1, -0.05) is 42.5 Å². The van der Waals surface area contributed by atoms with Crippen molar-refractivity contribution in [3.8, 4) is 22.4 Å². The number of aromatic nitrogens is 7. The van der Waals surface area contributed by atoms with E-state index in [4.69, 9.17) is 5.10 Å². The van der Waals surface area contributed by atoms with Crippen LogP contribution in [0.25, 0.3) is 44.6 Å². The lowest BCUT2D eigenvalue weighted by Crippen LogP contribution is -2.20. The minimum absolute atomic E-state index is 0.233. The molecule has 0 saturated heterocycles. The first kappa shape index (κ1) is 22.2. The molecule has 38 heavy (non-hydrogen) atoms. The van der Waals surface area contributed by atoms with E-state index in [0.717, 1.165) is 41.6 Å². The average Bonchev–Trinajstić information content (AvgIpc) is 3.62. The Morgan fingerprint density at radius 1 is 0.868 bits per heavy atom. The average molecular weight is 501 g/mol. The normalized spacial score (nSPS) is 13.6. The molecule has 4 heterocycles. The summed E-state index contributed by atoms with van der Waals surface area (Å²) in [6.45, 7) is 0. The zero-order valence-corrected chi connectivity index (χ0v) is 20.5. The number of benzene rings is 2. The quantitative estimate of drug-likeness (QED) is 0.279. The van der Waals surface area contributed by atoms with Gasteiger partial charge >= 0.3 is 0 Å². The Morgan fingerprint density at radius 3 is 2.53 bits per heavy atom. The first-order chi connectivity index (χ1) is 18.8. The zero-order valence-electron chi connectivity index (χ0n) is 20.5. The number of allylic oxidation sites excluding steroid dienone is 2. The monoisotopic (exact) mass is 500 g/mol. The predicted molar refractivity (Wildman–Crippen MR) is 148 cm³/mol. The molecule has 0 amide bonds. The van der Waals surface area contributed by atoms with Gasteiger partial charge in [0.1, 0.15) is 23.0 Å². The van der Waals surface area contributed by atoms with Crippen molar-refractivity contribution in [2.24, 2.45) is 0 Å². The summed E-state index contributed by atoms with van der Waals surface area (Å²) in [6.07, 6.45) is 11.5. The molecule has 186 valence electrons. The Kier molecular flexibility index (Phi) is 5.32. The number of nitrogens with zero attached hydrogens (tertiary/aromatic N) is 5. The van der Waals surface area contributed by atoms with Gasteiger partial charge in [-0.3, -0.25) is 19.9 Å². The van der Waals surface area contributed by atoms with Crippen LogP contribution in [0.3, 0.4) is 0 Å². The predicted octanol–water partition coefficient (Wildman–Crippen LogP) is 5.72. The zero-order chi connectivity index (χ0) is 25.5. The van der Waals surface area contributed by atoms with Crippen molar-refractivity contribution in [3.05, 3.63) is 95.2 Å². The van der Waals surface area contributed by atoms with E-state index in [1.807, 2.05) is 54.6 Å². The highest BCUT2D eigenvalue weighted by Gasteiger charge is 2.24. The summed E-state index contributed by atoms with van der Waals surface area (Å²) in [6, 6.07) is 17.5. The maximum atomic E-state index is 14.3. The maximum absolute atomic E-state index is 14.3. The van der Waals surface area contributed by atoms with Crippen LogP contribution in [0.4, 0.5) is 11.6 Å². The third-order valence-corrected chi connectivity index (χ3v) is 6.96. The third kappa shape index (κ3) is 3.76. The van der Waals surface area contributed by atoms with Crippen LogP contribution in [0, 0.1) is 0 Å². The summed E-state index contributed by atoms with van der Waals surface area (Å²) in [4.78, 5) is 26.6. The molecule has 3 N–H and O–H groups in total. The first-order valence-corrected chi connectivity index (χ1v) is 12.7. The van der Waals surface area contributed by atoms with Crippen molar-refractivity contribution >= 4 is 33.9 Å². The summed E-state index contributed by atoms with van der Waals surface area (Å²) in [5.74, 6) is 1.21. The molecule has 7 rings (SSSR count). The summed E-state index contributed by atoms with van der Waals surface area (Å²) < 4.78 is 1.50. The van der Waals surface area contributed by atoms with Gasteiger partial charge in [0.2, 0.25) is 0 Å². The summed E-state index contributed by atoms with van der Waals surface area (Å²) in [5.41, 5.74) is 6.99. The molecule has 0 unspecified atom stereocenters. The third-order valence-electron chi connectivity index (χ3n) is 6.96. The number of hydrogen-bond acceptors (Lipinski definition) is 6. The highest BCUT2D eigenvalue weighted by molar-refractivity contribution is 5.90. The van der Waals surface area contributed by atoms with Gasteiger partial charge in [0, 0.05) is 29.6 Å². The van der Waals surface area contributed by atoms with Crippen LogP contribution >= 0.6 is 0 Å². The van der Waals surface area contributed by atoms with Gasteiger partial charge in [0.25, 0.3) is 5.56 Å². The molecule has 0 atom stereocenters. The van der Waals surface area contributed by atoms with Crippen molar-refractivity contribution in [3.63, 3.8) is 0 Å². The molecule has 0 saturated carbocycles. The fourth-order valence-corrected chi connectivity index (χ4v) is 5.18. The minimum atomic E-state index is -0.233. The lowest BCUT2D eigenvalue weighted by Gasteiger charge is -2.15. The van der Waals surface area contributed by atoms with Gasteiger partial charge in [0.05, 0.1) is 22.8 Å². The Balaban J connectivity index is 1.54. The van der Waals surface area contributed by atoms with Gasteiger partial charge in [-0.15, -0.1) is 0 Å². The molecule has 4 aromatic heterocycles. The minimum Gasteiger partial charge on any atom is -0.326 e. The number of nitrogens with one attached hydrogen (secondary N) is 3. The fraction of sp³-hybridized carbons (Fsp3) is 0.138. The molecule has 1 aliphatic carbocycles. The van der Waals surface area contributed by atoms with Crippen molar-refractivity contribution in [2.75, 3.05) is 5.32 Å². The molecule has 0 aliphatic heterocycles. The van der Waals surface area contributed by atoms with Crippen molar-refractivity contribution in [1.29, 1.82) is 0 Å². The Bertz CT molecular complexity index is 1870. The van der Waals surface area contributed by atoms with Crippen molar-refractivity contribution < 1.29 is 0 Å². The van der Waals surface area contributed by atoms with Gasteiger partial charge in [-0.2, -0.15) is 14.7 Å². The van der Waals surface area contributed by atoms with E-state index in [0.29, 0.717) is 33.9 Å². The Morgan fingerprint density at radius 2 is 1.74 bits per heavy atom. The second-order valence-electron chi connectivity index (χ2n) is 9.36. The molecule has 0 bridgehead atoms. The smallest absolute Gasteiger partial charge is 0.284 e. The fourth-order valence-electron chi connectivity index (χ4n) is 5.18. The van der Waals surface area contributed by atoms with Crippen LogP contribution in [0.15, 0.2) is 84.1 Å². The van der Waals surface area contributed by atoms with E-state index in [2.05, 4.69) is 36.5 Å². The van der Waals surface area contributed by atoms with E-state index < -0.39 is 0 Å². The number of H-pyrrole nitrogens is 2. The largest absolute Gasteiger partial charge is 0.326 e. The van der Waals surface area contributed by atoms with Gasteiger partial charge in [-0.05, 0) is 49.0 Å². The summed E-state index contributed by atoms with van der Waals surface area (Å²) >= 11 is 0. The second kappa shape index (κ2) is 9.11. The molecule has 0 fully saturated rings. The van der Waals surface area contributed by atoms with Crippen LogP contribution in [0.1, 0.15) is 31.2 Å². The second-order valence-corrected chi connectivity index (χ2v) is 9.36. The lowest BCUT2D eigenvalue weighted by molar-refractivity contribution is 0.742. The van der Waals surface area contributed by atoms with Gasteiger partial charge in [-0.25, -0.2) is 0 Å². The summed E-state index contributed by atoms with van der Waals surface area (Å²) in [5, 5.41) is 15.2. The number of hydrogen-bond donors (Lipinski definition) is 3. The molecular weight excluding hydrogens is 476 g/mol. The van der Waals surface area contributed by atoms with E-state index in [9.17, 15) is 4.79 Å². The van der Waals surface area contributed by atoms with Crippen molar-refractivity contribution in [1.82, 2.24) is 34.8 Å². The standard InChI is InChI=1S/C29H24N8O/c38-29-25(20-11-12-21-22(17-20)31-16-15-30-21)27(33-23-13-14-32-35-23)34-28-24(18-7-3-1-4-8-18)26(36-37(28)29)19-9-5-2-6-10-19/h2,5-7,9-17,34H,1,3-4,8H2,(H2,32,33,35). The van der Waals surface area contributed by atoms with Gasteiger partial charge < -0.3 is 10.3 Å². The Hall–Kier alpha value is -5.05. The molecular formula is C29H24N8O. The van der Waals surface area contributed by atoms with Crippen LogP contribution < -0.4 is 10.9 Å². The molecule has 6 aromatic rings. The molecule has 9 heteroatoms. The van der Waals surface area contributed by atoms with Gasteiger partial charge in [0.15, 0.2) is 0 Å². The maximum Gasteiger partial charge on any atom is 0.284 e. The summed E-state index contributed by atoms with van der Waals surface area (Å²) in [7, 11) is 0. The number of aromatic amines is 2. The van der Waals surface area contributed by atoms with Crippen molar-refractivity contribution in [2.45, 2.75) is 25.7 Å². The highest BCUT2D eigenvalue weighted by Crippen LogP contribution is 2.37. The number of fused-ring (bicyclic) bond motifs is 2. The lowest BCUT2D eigenvalue weighted by atomic mass is 9.92. The van der Waals surface area contributed by atoms with E-state index >= 15 is 0 Å². The highest BCUT2D eigenvalue weighted by atomic mass is 16.1. The topological polar surface area (TPSA) is 117 Å². The SMILES string of the molecule is O=c1c(-c2ccc3nccnc3c2)c(Nc2ccn[nH]2)[nH]c2c(C3=CCCCC3)c(-c3ccccc3)nn12. The molecule has 0 spiro atoms. The van der Waals surface area contributed by atoms with Crippen LogP contribution in [0.5, 0.6) is 0 Å². The van der Waals surface area contributed by atoms with Crippen LogP contribution in [-0.2, 0) is 0 Å². The number of rotatable bonds is 5. The van der Waals surface area contributed by atoms with E-state index in [1.54, 1.807) is 18.6 Å². The van der Waals surface area contributed by atoms with E-state index in [1.165, 1.54) is 16.5 Å². The first-order valence-electron chi connectivity index (χ1n) is 12.7.